The Morgan fingerprint density at radius 3 is 2.60 bits per heavy atom. The Bertz CT molecular complexity index is 1070. The highest BCUT2D eigenvalue weighted by molar-refractivity contribution is 5.72. The van der Waals surface area contributed by atoms with Gasteiger partial charge >= 0.3 is 6.09 Å². The molecule has 7 heteroatoms. The van der Waals surface area contributed by atoms with Crippen molar-refractivity contribution in [3.63, 3.8) is 0 Å². The molecule has 3 rings (SSSR count). The van der Waals surface area contributed by atoms with Crippen molar-refractivity contribution >= 4 is 6.09 Å². The molecule has 0 fully saturated rings. The Morgan fingerprint density at radius 2 is 1.90 bits per heavy atom. The lowest BCUT2D eigenvalue weighted by Gasteiger charge is -2.10. The summed E-state index contributed by atoms with van der Waals surface area (Å²) in [5.41, 5.74) is 4.04. The number of hydrogen-bond acceptors (Lipinski definition) is 5. The SMILES string of the molecule is CCc1cc(-c2cncc(OC(=O)NCCc3ccc(OC)cc3)c2)c(C)[nH]c1=O. The molecule has 7 nitrogen and oxygen atoms in total. The third-order valence-corrected chi connectivity index (χ3v) is 4.77. The van der Waals surface area contributed by atoms with Gasteiger partial charge in [-0.05, 0) is 49.6 Å². The molecular weight excluding hydrogens is 382 g/mol. The average molecular weight is 407 g/mol. The highest BCUT2D eigenvalue weighted by Gasteiger charge is 2.10. The molecule has 0 unspecified atom stereocenters. The number of H-pyrrole nitrogens is 1. The van der Waals surface area contributed by atoms with Gasteiger partial charge < -0.3 is 19.8 Å². The molecule has 0 aliphatic carbocycles. The van der Waals surface area contributed by atoms with E-state index in [9.17, 15) is 9.59 Å². The van der Waals surface area contributed by atoms with E-state index in [0.717, 1.165) is 28.1 Å². The molecule has 1 aromatic carbocycles. The number of carbonyl (C=O) groups excluding carboxylic acids is 1. The summed E-state index contributed by atoms with van der Waals surface area (Å²) in [5, 5.41) is 2.74. The summed E-state index contributed by atoms with van der Waals surface area (Å²) in [6, 6.07) is 11.3. The first-order chi connectivity index (χ1) is 14.5. The van der Waals surface area contributed by atoms with E-state index in [1.807, 2.05) is 44.2 Å². The number of amides is 1. The van der Waals surface area contributed by atoms with Crippen LogP contribution in [-0.2, 0) is 12.8 Å². The summed E-state index contributed by atoms with van der Waals surface area (Å²) in [6.45, 7) is 4.20. The highest BCUT2D eigenvalue weighted by Crippen LogP contribution is 2.25. The standard InChI is InChI=1S/C23H25N3O4/c1-4-17-12-21(15(2)26-22(17)27)18-11-20(14-24-13-18)30-23(28)25-10-9-16-5-7-19(29-3)8-6-16/h5-8,11-14H,4,9-10H2,1-3H3,(H,25,28)(H,26,27). The second kappa shape index (κ2) is 9.73. The molecule has 0 bridgehead atoms. The van der Waals surface area contributed by atoms with Crippen LogP contribution < -0.4 is 20.3 Å². The average Bonchev–Trinajstić information content (AvgIpc) is 2.74. The zero-order valence-corrected chi connectivity index (χ0v) is 17.3. The predicted octanol–water partition coefficient (Wildman–Crippen LogP) is 3.65. The number of aromatic nitrogens is 2. The number of rotatable bonds is 7. The molecule has 0 aliphatic rings. The van der Waals surface area contributed by atoms with Crippen molar-refractivity contribution in [1.29, 1.82) is 0 Å². The molecule has 0 atom stereocenters. The molecule has 0 saturated heterocycles. The molecule has 1 amide bonds. The fraction of sp³-hybridized carbons (Fsp3) is 0.261. The predicted molar refractivity (Wildman–Crippen MR) is 115 cm³/mol. The van der Waals surface area contributed by atoms with Crippen molar-refractivity contribution in [2.24, 2.45) is 0 Å². The lowest BCUT2D eigenvalue weighted by atomic mass is 10.0. The summed E-state index contributed by atoms with van der Waals surface area (Å²) in [4.78, 5) is 31.1. The lowest BCUT2D eigenvalue weighted by Crippen LogP contribution is -2.28. The zero-order valence-electron chi connectivity index (χ0n) is 17.3. The number of aryl methyl sites for hydroxylation is 2. The molecule has 2 N–H and O–H groups in total. The van der Waals surface area contributed by atoms with Crippen molar-refractivity contribution in [2.75, 3.05) is 13.7 Å². The Labute approximate surface area is 175 Å². The van der Waals surface area contributed by atoms with Crippen molar-refractivity contribution < 1.29 is 14.3 Å². The number of nitrogens with zero attached hydrogens (tertiary/aromatic N) is 1. The van der Waals surface area contributed by atoms with Gasteiger partial charge in [-0.1, -0.05) is 19.1 Å². The van der Waals surface area contributed by atoms with Crippen molar-refractivity contribution in [3.05, 3.63) is 76.0 Å². The van der Waals surface area contributed by atoms with E-state index in [2.05, 4.69) is 15.3 Å². The second-order valence-corrected chi connectivity index (χ2v) is 6.84. The maximum atomic E-state index is 12.1. The van der Waals surface area contributed by atoms with Crippen LogP contribution in [0.3, 0.4) is 0 Å². The van der Waals surface area contributed by atoms with Gasteiger partial charge in [-0.3, -0.25) is 9.78 Å². The Morgan fingerprint density at radius 1 is 1.13 bits per heavy atom. The topological polar surface area (TPSA) is 93.3 Å². The van der Waals surface area contributed by atoms with E-state index in [-0.39, 0.29) is 5.56 Å². The van der Waals surface area contributed by atoms with Crippen LogP contribution in [-0.4, -0.2) is 29.7 Å². The summed E-state index contributed by atoms with van der Waals surface area (Å²) >= 11 is 0. The minimum Gasteiger partial charge on any atom is -0.497 e. The van der Waals surface area contributed by atoms with E-state index >= 15 is 0 Å². The molecule has 0 saturated carbocycles. The molecule has 3 aromatic rings. The molecule has 0 spiro atoms. The second-order valence-electron chi connectivity index (χ2n) is 6.84. The number of carbonyl (C=O) groups is 1. The van der Waals surface area contributed by atoms with E-state index in [1.165, 1.54) is 6.20 Å². The lowest BCUT2D eigenvalue weighted by molar-refractivity contribution is 0.200. The minimum absolute atomic E-state index is 0.0876. The first-order valence-corrected chi connectivity index (χ1v) is 9.77. The van der Waals surface area contributed by atoms with Gasteiger partial charge in [0.1, 0.15) is 5.75 Å². The first kappa shape index (κ1) is 21.1. The summed E-state index contributed by atoms with van der Waals surface area (Å²) in [5.74, 6) is 1.13. The molecule has 0 radical (unpaired) electrons. The number of benzene rings is 1. The summed E-state index contributed by atoms with van der Waals surface area (Å²) < 4.78 is 10.5. The largest absolute Gasteiger partial charge is 0.497 e. The Balaban J connectivity index is 1.62. The van der Waals surface area contributed by atoms with Crippen LogP contribution in [0.1, 0.15) is 23.7 Å². The van der Waals surface area contributed by atoms with E-state index < -0.39 is 6.09 Å². The van der Waals surface area contributed by atoms with E-state index in [4.69, 9.17) is 9.47 Å². The molecule has 0 aliphatic heterocycles. The number of methoxy groups -OCH3 is 1. The molecular formula is C23H25N3O4. The number of ether oxygens (including phenoxy) is 2. The third kappa shape index (κ3) is 5.26. The summed E-state index contributed by atoms with van der Waals surface area (Å²) in [7, 11) is 1.62. The number of nitrogens with one attached hydrogen (secondary N) is 2. The quantitative estimate of drug-likeness (QED) is 0.624. The molecule has 30 heavy (non-hydrogen) atoms. The van der Waals surface area contributed by atoms with Gasteiger partial charge in [0.05, 0.1) is 13.3 Å². The van der Waals surface area contributed by atoms with Crippen LogP contribution >= 0.6 is 0 Å². The fourth-order valence-corrected chi connectivity index (χ4v) is 3.09. The number of aromatic amines is 1. The van der Waals surface area contributed by atoms with Gasteiger partial charge in [0, 0.05) is 35.1 Å². The molecule has 156 valence electrons. The third-order valence-electron chi connectivity index (χ3n) is 4.77. The van der Waals surface area contributed by atoms with Gasteiger partial charge in [-0.15, -0.1) is 0 Å². The van der Waals surface area contributed by atoms with Crippen molar-refractivity contribution in [3.8, 4) is 22.6 Å². The first-order valence-electron chi connectivity index (χ1n) is 9.77. The van der Waals surface area contributed by atoms with Gasteiger partial charge in [-0.2, -0.15) is 0 Å². The molecule has 2 heterocycles. The normalized spacial score (nSPS) is 10.5. The van der Waals surface area contributed by atoms with Crippen LogP contribution in [0, 0.1) is 6.92 Å². The number of hydrogen-bond donors (Lipinski definition) is 2. The van der Waals surface area contributed by atoms with Crippen LogP contribution in [0.25, 0.3) is 11.1 Å². The number of pyridine rings is 2. The Hall–Kier alpha value is -3.61. The monoisotopic (exact) mass is 407 g/mol. The van der Waals surface area contributed by atoms with E-state index in [1.54, 1.807) is 19.4 Å². The van der Waals surface area contributed by atoms with Gasteiger partial charge in [-0.25, -0.2) is 4.79 Å². The zero-order chi connectivity index (χ0) is 21.5. The fourth-order valence-electron chi connectivity index (χ4n) is 3.09. The summed E-state index contributed by atoms with van der Waals surface area (Å²) in [6.07, 6.45) is 3.91. The van der Waals surface area contributed by atoms with Gasteiger partial charge in [0.25, 0.3) is 5.56 Å². The minimum atomic E-state index is -0.546. The maximum absolute atomic E-state index is 12.1. The van der Waals surface area contributed by atoms with Gasteiger partial charge in [0.2, 0.25) is 0 Å². The smallest absolute Gasteiger partial charge is 0.412 e. The van der Waals surface area contributed by atoms with Gasteiger partial charge in [0.15, 0.2) is 5.75 Å². The van der Waals surface area contributed by atoms with Crippen LogP contribution in [0.2, 0.25) is 0 Å². The van der Waals surface area contributed by atoms with Crippen molar-refractivity contribution in [1.82, 2.24) is 15.3 Å². The molecule has 2 aromatic heterocycles. The van der Waals surface area contributed by atoms with Crippen molar-refractivity contribution in [2.45, 2.75) is 26.7 Å². The highest BCUT2D eigenvalue weighted by atomic mass is 16.6. The van der Waals surface area contributed by atoms with Crippen LogP contribution in [0.15, 0.2) is 53.6 Å². The Kier molecular flexibility index (Phi) is 6.85. The maximum Gasteiger partial charge on any atom is 0.412 e. The van der Waals surface area contributed by atoms with Crippen LogP contribution in [0.5, 0.6) is 11.5 Å². The van der Waals surface area contributed by atoms with Crippen LogP contribution in [0.4, 0.5) is 4.79 Å². The van der Waals surface area contributed by atoms with E-state index in [0.29, 0.717) is 30.7 Å².